The maximum Gasteiger partial charge on any atom is 0.278 e. The van der Waals surface area contributed by atoms with Crippen molar-refractivity contribution in [3.8, 4) is 0 Å². The van der Waals surface area contributed by atoms with Crippen LogP contribution in [0.2, 0.25) is 0 Å². The van der Waals surface area contributed by atoms with E-state index in [-0.39, 0.29) is 41.3 Å². The first kappa shape index (κ1) is 23.0. The number of aliphatic hydroxyl groups is 3. The van der Waals surface area contributed by atoms with Crippen LogP contribution in [0.4, 0.5) is 23.4 Å². The number of nitrogens with one attached hydrogen (secondary N) is 2. The summed E-state index contributed by atoms with van der Waals surface area (Å²) >= 11 is 0. The Labute approximate surface area is 196 Å². The van der Waals surface area contributed by atoms with Crippen LogP contribution in [0.3, 0.4) is 0 Å². The molecule has 0 radical (unpaired) electrons. The molecule has 2 aliphatic heterocycles. The largest absolute Gasteiger partial charge is 0.394 e. The Morgan fingerprint density at radius 3 is 2.51 bits per heavy atom. The minimum Gasteiger partial charge on any atom is -0.394 e. The Morgan fingerprint density at radius 2 is 1.77 bits per heavy atom. The first-order valence-corrected chi connectivity index (χ1v) is 11.0. The molecule has 0 unspecified atom stereocenters. The van der Waals surface area contributed by atoms with Crippen molar-refractivity contribution in [2.24, 2.45) is 0 Å². The van der Waals surface area contributed by atoms with Crippen LogP contribution in [0, 0.1) is 0 Å². The van der Waals surface area contributed by atoms with Crippen LogP contribution in [0.1, 0.15) is 12.8 Å². The average Bonchev–Trinajstić information content (AvgIpc) is 3.46. The summed E-state index contributed by atoms with van der Waals surface area (Å²) < 4.78 is 7.33. The van der Waals surface area contributed by atoms with Gasteiger partial charge in [-0.1, -0.05) is 0 Å². The zero-order valence-electron chi connectivity index (χ0n) is 18.5. The van der Waals surface area contributed by atoms with Gasteiger partial charge in [-0.2, -0.15) is 9.97 Å². The van der Waals surface area contributed by atoms with Crippen LogP contribution < -0.4 is 32.4 Å². The lowest BCUT2D eigenvalue weighted by Gasteiger charge is -2.28. The third kappa shape index (κ3) is 3.95. The number of nitrogen functional groups attached to an aromatic ring is 2. The highest BCUT2D eigenvalue weighted by Gasteiger charge is 2.48. The van der Waals surface area contributed by atoms with Crippen molar-refractivity contribution in [2.45, 2.75) is 43.9 Å². The van der Waals surface area contributed by atoms with Crippen molar-refractivity contribution in [1.82, 2.24) is 29.5 Å². The summed E-state index contributed by atoms with van der Waals surface area (Å²) in [5, 5.41) is 30.0. The molecule has 0 saturated carbocycles. The van der Waals surface area contributed by atoms with Gasteiger partial charge < -0.3 is 45.9 Å². The van der Waals surface area contributed by atoms with Gasteiger partial charge in [0.05, 0.1) is 19.6 Å². The van der Waals surface area contributed by atoms with Gasteiger partial charge >= 0.3 is 0 Å². The summed E-state index contributed by atoms with van der Waals surface area (Å²) in [5.74, 6) is 0.120. The molecule has 0 bridgehead atoms. The molecule has 0 aromatic carbocycles. The summed E-state index contributed by atoms with van der Waals surface area (Å²) in [5.41, 5.74) is 11.3. The Hall–Kier alpha value is -3.73. The van der Waals surface area contributed by atoms with Gasteiger partial charge in [-0.15, -0.1) is 0 Å². The quantitative estimate of drug-likeness (QED) is 0.162. The summed E-state index contributed by atoms with van der Waals surface area (Å²) in [6.07, 6.45) is -1.80. The SMILES string of the molecule is Nc1nc2c(c(=O)[nH]1)N(CCCCn1cnc3nc(N)[nH]c(=O)c31)CN2[C@@H]1O[C@H](CO)[C@@H](O)[C@H]1O. The van der Waals surface area contributed by atoms with E-state index in [0.717, 1.165) is 0 Å². The van der Waals surface area contributed by atoms with E-state index in [2.05, 4.69) is 24.9 Å². The second kappa shape index (κ2) is 8.81. The Kier molecular flexibility index (Phi) is 5.79. The molecule has 16 nitrogen and oxygen atoms in total. The van der Waals surface area contributed by atoms with Gasteiger partial charge in [-0.3, -0.25) is 19.6 Å². The number of hydrogen-bond acceptors (Lipinski definition) is 13. The maximum atomic E-state index is 12.7. The molecule has 1 fully saturated rings. The third-order valence-electron chi connectivity index (χ3n) is 6.21. The molecule has 3 aromatic heterocycles. The first-order valence-electron chi connectivity index (χ1n) is 11.0. The zero-order valence-corrected chi connectivity index (χ0v) is 18.5. The highest BCUT2D eigenvalue weighted by atomic mass is 16.6. The molecule has 0 aliphatic carbocycles. The van der Waals surface area contributed by atoms with E-state index in [1.807, 2.05) is 0 Å². The molecule has 5 rings (SSSR count). The fourth-order valence-corrected chi connectivity index (χ4v) is 4.56. The van der Waals surface area contributed by atoms with Crippen molar-refractivity contribution in [1.29, 1.82) is 0 Å². The van der Waals surface area contributed by atoms with E-state index in [1.54, 1.807) is 14.4 Å². The smallest absolute Gasteiger partial charge is 0.278 e. The number of aryl methyl sites for hydroxylation is 1. The molecule has 2 aliphatic rings. The molecule has 1 saturated heterocycles. The van der Waals surface area contributed by atoms with E-state index in [1.165, 1.54) is 6.33 Å². The van der Waals surface area contributed by atoms with Crippen LogP contribution >= 0.6 is 0 Å². The summed E-state index contributed by atoms with van der Waals surface area (Å²) in [6.45, 7) is 0.609. The number of aliphatic hydroxyl groups excluding tert-OH is 3. The van der Waals surface area contributed by atoms with Gasteiger partial charge in [-0.05, 0) is 12.8 Å². The molecule has 16 heteroatoms. The number of rotatable bonds is 7. The van der Waals surface area contributed by atoms with E-state index in [4.69, 9.17) is 16.2 Å². The molecule has 188 valence electrons. The van der Waals surface area contributed by atoms with Crippen LogP contribution in [0.5, 0.6) is 0 Å². The van der Waals surface area contributed by atoms with Crippen molar-refractivity contribution in [2.75, 3.05) is 41.1 Å². The van der Waals surface area contributed by atoms with Crippen LogP contribution in [-0.2, 0) is 11.3 Å². The number of ether oxygens (including phenoxy) is 1. The van der Waals surface area contributed by atoms with E-state index in [0.29, 0.717) is 31.4 Å². The Balaban J connectivity index is 1.31. The fraction of sp³-hybridized carbons (Fsp3) is 0.526. The number of unbranched alkanes of at least 4 members (excludes halogenated alkanes) is 1. The molecule has 0 amide bonds. The number of hydrogen-bond donors (Lipinski definition) is 7. The minimum absolute atomic E-state index is 0.00124. The standard InChI is InChI=1S/C19H26N10O6/c20-18-23-13-9(15(33)25-18)27(6-22-13)3-1-2-4-28-7-29(14-10(28)16(34)26-19(21)24-14)17-12(32)11(31)8(5-30)35-17/h6,8,11-12,17,30-32H,1-5,7H2,(H3,20,23,25,33)(H3,21,24,26,34)/t8-,11-,12-,17-/m1/s1. The molecule has 5 heterocycles. The van der Waals surface area contributed by atoms with E-state index in [9.17, 15) is 24.9 Å². The van der Waals surface area contributed by atoms with Crippen LogP contribution in [0.15, 0.2) is 15.9 Å². The van der Waals surface area contributed by atoms with Gasteiger partial charge in [-0.25, -0.2) is 4.98 Å². The number of nitrogens with two attached hydrogens (primary N) is 2. The minimum atomic E-state index is -1.32. The summed E-state index contributed by atoms with van der Waals surface area (Å²) in [6, 6.07) is 0. The second-order valence-corrected chi connectivity index (χ2v) is 8.50. The predicted molar refractivity (Wildman–Crippen MR) is 124 cm³/mol. The third-order valence-corrected chi connectivity index (χ3v) is 6.21. The number of H-pyrrole nitrogens is 2. The van der Waals surface area contributed by atoms with Gasteiger partial charge in [0.1, 0.15) is 24.0 Å². The highest BCUT2D eigenvalue weighted by molar-refractivity contribution is 5.73. The number of fused-ring (bicyclic) bond motifs is 2. The van der Waals surface area contributed by atoms with E-state index < -0.39 is 36.7 Å². The summed E-state index contributed by atoms with van der Waals surface area (Å²) in [4.78, 5) is 45.5. The molecular formula is C19H26N10O6. The number of anilines is 4. The normalized spacial score (nSPS) is 24.0. The first-order chi connectivity index (χ1) is 16.8. The number of nitrogens with zero attached hydrogens (tertiary/aromatic N) is 6. The highest BCUT2D eigenvalue weighted by Crippen LogP contribution is 2.36. The lowest BCUT2D eigenvalue weighted by molar-refractivity contribution is -0.0222. The lowest BCUT2D eigenvalue weighted by atomic mass is 10.1. The molecule has 3 aromatic rings. The average molecular weight is 490 g/mol. The molecule has 9 N–H and O–H groups in total. The predicted octanol–water partition coefficient (Wildman–Crippen LogP) is -3.13. The molecule has 0 spiro atoms. The van der Waals surface area contributed by atoms with Crippen molar-refractivity contribution in [3.63, 3.8) is 0 Å². The van der Waals surface area contributed by atoms with Gasteiger partial charge in [0.25, 0.3) is 11.1 Å². The Morgan fingerprint density at radius 1 is 1.06 bits per heavy atom. The maximum absolute atomic E-state index is 12.7. The number of aromatic amines is 2. The topological polar surface area (TPSA) is 238 Å². The van der Waals surface area contributed by atoms with Crippen molar-refractivity contribution in [3.05, 3.63) is 27.0 Å². The summed E-state index contributed by atoms with van der Waals surface area (Å²) in [7, 11) is 0. The molecular weight excluding hydrogens is 464 g/mol. The fourth-order valence-electron chi connectivity index (χ4n) is 4.56. The number of aromatic nitrogens is 6. The van der Waals surface area contributed by atoms with Crippen molar-refractivity contribution >= 4 is 34.6 Å². The van der Waals surface area contributed by atoms with Crippen LogP contribution in [-0.4, -0.2) is 89.2 Å². The van der Waals surface area contributed by atoms with Crippen LogP contribution in [0.25, 0.3) is 11.2 Å². The van der Waals surface area contributed by atoms with Gasteiger partial charge in [0, 0.05) is 13.1 Å². The monoisotopic (exact) mass is 490 g/mol. The molecule has 4 atom stereocenters. The van der Waals surface area contributed by atoms with Crippen molar-refractivity contribution < 1.29 is 20.1 Å². The number of imidazole rings is 1. The lowest BCUT2D eigenvalue weighted by Crippen LogP contribution is -2.46. The van der Waals surface area contributed by atoms with Gasteiger partial charge in [0.15, 0.2) is 23.2 Å². The van der Waals surface area contributed by atoms with E-state index >= 15 is 0 Å². The van der Waals surface area contributed by atoms with Gasteiger partial charge in [0.2, 0.25) is 11.9 Å². The Bertz CT molecular complexity index is 1350. The second-order valence-electron chi connectivity index (χ2n) is 8.50. The molecule has 35 heavy (non-hydrogen) atoms. The zero-order chi connectivity index (χ0) is 24.9.